The molecule has 8 nitrogen and oxygen atoms in total. The molecule has 3 aromatic rings. The van der Waals surface area contributed by atoms with Gasteiger partial charge in [-0.25, -0.2) is 17.6 Å². The van der Waals surface area contributed by atoms with E-state index in [0.29, 0.717) is 31.9 Å². The van der Waals surface area contributed by atoms with Crippen molar-refractivity contribution in [2.45, 2.75) is 4.90 Å². The van der Waals surface area contributed by atoms with E-state index in [1.165, 1.54) is 36.4 Å². The molecule has 1 N–H and O–H groups in total. The Labute approximate surface area is 203 Å². The van der Waals surface area contributed by atoms with Gasteiger partial charge in [-0.1, -0.05) is 18.2 Å². The Hall–Kier alpha value is -3.92. The van der Waals surface area contributed by atoms with Crippen LogP contribution in [0.4, 0.5) is 15.8 Å². The van der Waals surface area contributed by atoms with Crippen LogP contribution in [0.5, 0.6) is 0 Å². The lowest BCUT2D eigenvalue weighted by molar-refractivity contribution is -0.134. The molecule has 10 heteroatoms. The molecule has 1 amide bonds. The first-order valence-corrected chi connectivity index (χ1v) is 12.4. The van der Waals surface area contributed by atoms with E-state index in [1.54, 1.807) is 47.4 Å². The molecule has 1 heterocycles. The molecule has 0 aliphatic carbocycles. The second-order valence-corrected chi connectivity index (χ2v) is 9.60. The van der Waals surface area contributed by atoms with Gasteiger partial charge < -0.3 is 14.5 Å². The van der Waals surface area contributed by atoms with Crippen LogP contribution >= 0.6 is 0 Å². The molecule has 0 spiro atoms. The summed E-state index contributed by atoms with van der Waals surface area (Å²) in [6, 6.07) is 19.9. The number of para-hydroxylation sites is 1. The fraction of sp³-hybridized carbons (Fsp3) is 0.200. The maximum absolute atomic E-state index is 13.1. The van der Waals surface area contributed by atoms with Crippen molar-refractivity contribution in [1.82, 2.24) is 4.90 Å². The number of halogens is 1. The number of rotatable bonds is 7. The molecule has 3 aromatic carbocycles. The minimum atomic E-state index is -3.81. The molecule has 0 bridgehead atoms. The molecule has 1 saturated heterocycles. The number of sulfonamides is 1. The molecule has 0 aromatic heterocycles. The number of carbonyl (C=O) groups excluding carboxylic acids is 2. The first-order valence-electron chi connectivity index (χ1n) is 11.0. The van der Waals surface area contributed by atoms with E-state index in [0.717, 1.165) is 5.69 Å². The van der Waals surface area contributed by atoms with Crippen LogP contribution in [-0.2, 0) is 19.6 Å². The number of hydrogen-bond donors (Lipinski definition) is 1. The van der Waals surface area contributed by atoms with Crippen LogP contribution in [0.15, 0.2) is 83.8 Å². The van der Waals surface area contributed by atoms with Gasteiger partial charge in [-0.2, -0.15) is 0 Å². The second kappa shape index (κ2) is 10.6. The molecule has 0 saturated carbocycles. The fourth-order valence-electron chi connectivity index (χ4n) is 3.66. The summed E-state index contributed by atoms with van der Waals surface area (Å²) in [4.78, 5) is 28.5. The lowest BCUT2D eigenvalue weighted by Gasteiger charge is -2.36. The van der Waals surface area contributed by atoms with Gasteiger partial charge in [0.2, 0.25) is 0 Å². The summed E-state index contributed by atoms with van der Waals surface area (Å²) in [6.45, 7) is 1.66. The number of nitrogens with zero attached hydrogens (tertiary/aromatic N) is 2. The van der Waals surface area contributed by atoms with Crippen LogP contribution < -0.4 is 9.62 Å². The third kappa shape index (κ3) is 6.15. The van der Waals surface area contributed by atoms with Crippen molar-refractivity contribution in [1.29, 1.82) is 0 Å². The minimum Gasteiger partial charge on any atom is -0.452 e. The Balaban J connectivity index is 1.27. The summed E-state index contributed by atoms with van der Waals surface area (Å²) in [6.07, 6.45) is 0. The van der Waals surface area contributed by atoms with Crippen LogP contribution in [0, 0.1) is 5.82 Å². The topological polar surface area (TPSA) is 96.0 Å². The summed E-state index contributed by atoms with van der Waals surface area (Å²) in [7, 11) is -3.81. The monoisotopic (exact) mass is 497 g/mol. The zero-order valence-electron chi connectivity index (χ0n) is 18.8. The molecule has 1 fully saturated rings. The SMILES string of the molecule is O=C(OCC(=O)N1CCN(c2ccc(F)cc2)CC1)c1ccc(S(=O)(=O)Nc2ccccc2)cc1. The van der Waals surface area contributed by atoms with Gasteiger partial charge in [-0.3, -0.25) is 9.52 Å². The zero-order valence-corrected chi connectivity index (χ0v) is 19.6. The highest BCUT2D eigenvalue weighted by atomic mass is 32.2. The van der Waals surface area contributed by atoms with E-state index in [4.69, 9.17) is 4.74 Å². The molecule has 182 valence electrons. The van der Waals surface area contributed by atoms with Gasteiger partial charge in [0.15, 0.2) is 6.61 Å². The molecule has 4 rings (SSSR count). The van der Waals surface area contributed by atoms with Gasteiger partial charge in [0.25, 0.3) is 15.9 Å². The lowest BCUT2D eigenvalue weighted by Crippen LogP contribution is -2.49. The minimum absolute atomic E-state index is 0.00648. The Kier molecular flexibility index (Phi) is 7.31. The maximum atomic E-state index is 13.1. The van der Waals surface area contributed by atoms with E-state index < -0.39 is 22.6 Å². The number of piperazine rings is 1. The van der Waals surface area contributed by atoms with Gasteiger partial charge in [-0.15, -0.1) is 0 Å². The Morgan fingerprint density at radius 1 is 0.857 bits per heavy atom. The van der Waals surface area contributed by atoms with Gasteiger partial charge >= 0.3 is 5.97 Å². The van der Waals surface area contributed by atoms with Gasteiger partial charge in [0, 0.05) is 37.6 Å². The third-order valence-corrected chi connectivity index (χ3v) is 6.97. The molecule has 0 unspecified atom stereocenters. The van der Waals surface area contributed by atoms with Crippen LogP contribution in [0.2, 0.25) is 0 Å². The number of carbonyl (C=O) groups is 2. The zero-order chi connectivity index (χ0) is 24.8. The van der Waals surface area contributed by atoms with Crippen LogP contribution in [0.25, 0.3) is 0 Å². The quantitative estimate of drug-likeness (QED) is 0.504. The summed E-state index contributed by atoms with van der Waals surface area (Å²) in [5.74, 6) is -1.34. The average Bonchev–Trinajstić information content (AvgIpc) is 2.88. The normalized spacial score (nSPS) is 13.9. The second-order valence-electron chi connectivity index (χ2n) is 7.92. The number of hydrogen-bond acceptors (Lipinski definition) is 6. The van der Waals surface area contributed by atoms with Crippen LogP contribution in [0.3, 0.4) is 0 Å². The average molecular weight is 498 g/mol. The van der Waals surface area contributed by atoms with E-state index >= 15 is 0 Å². The molecule has 35 heavy (non-hydrogen) atoms. The van der Waals surface area contributed by atoms with Crippen molar-refractivity contribution >= 4 is 33.3 Å². The highest BCUT2D eigenvalue weighted by molar-refractivity contribution is 7.92. The highest BCUT2D eigenvalue weighted by Gasteiger charge is 2.23. The molecule has 1 aliphatic heterocycles. The Bertz CT molecular complexity index is 1270. The number of esters is 1. The van der Waals surface area contributed by atoms with Crippen molar-refractivity contribution in [3.8, 4) is 0 Å². The van der Waals surface area contributed by atoms with E-state index in [1.807, 2.05) is 0 Å². The van der Waals surface area contributed by atoms with Crippen LogP contribution in [-0.4, -0.2) is 58.0 Å². The number of nitrogens with one attached hydrogen (secondary N) is 1. The lowest BCUT2D eigenvalue weighted by atomic mass is 10.2. The van der Waals surface area contributed by atoms with Gasteiger partial charge in [0.05, 0.1) is 10.5 Å². The van der Waals surface area contributed by atoms with Crippen molar-refractivity contribution < 1.29 is 27.1 Å². The highest BCUT2D eigenvalue weighted by Crippen LogP contribution is 2.18. The Morgan fingerprint density at radius 2 is 1.49 bits per heavy atom. The molecular formula is C25H24FN3O5S. The molecular weight excluding hydrogens is 473 g/mol. The fourth-order valence-corrected chi connectivity index (χ4v) is 4.72. The predicted molar refractivity (Wildman–Crippen MR) is 129 cm³/mol. The molecule has 0 radical (unpaired) electrons. The third-order valence-electron chi connectivity index (χ3n) is 5.58. The number of ether oxygens (including phenoxy) is 1. The standard InChI is InChI=1S/C25H24FN3O5S/c26-20-8-10-22(11-9-20)28-14-16-29(17-15-28)24(30)18-34-25(31)19-6-12-23(13-7-19)35(32,33)27-21-4-2-1-3-5-21/h1-13,27H,14-18H2. The maximum Gasteiger partial charge on any atom is 0.338 e. The number of amides is 1. The smallest absolute Gasteiger partial charge is 0.338 e. The summed E-state index contributed by atoms with van der Waals surface area (Å²) >= 11 is 0. The van der Waals surface area contributed by atoms with Crippen molar-refractivity contribution in [3.63, 3.8) is 0 Å². The Morgan fingerprint density at radius 3 is 2.11 bits per heavy atom. The molecule has 0 atom stereocenters. The van der Waals surface area contributed by atoms with Crippen molar-refractivity contribution in [3.05, 3.63) is 90.2 Å². The largest absolute Gasteiger partial charge is 0.452 e. The predicted octanol–water partition coefficient (Wildman–Crippen LogP) is 3.13. The summed E-state index contributed by atoms with van der Waals surface area (Å²) in [5, 5.41) is 0. The van der Waals surface area contributed by atoms with E-state index in [-0.39, 0.29) is 22.2 Å². The first kappa shape index (κ1) is 24.2. The van der Waals surface area contributed by atoms with Crippen molar-refractivity contribution in [2.24, 2.45) is 0 Å². The number of benzene rings is 3. The van der Waals surface area contributed by atoms with E-state index in [9.17, 15) is 22.4 Å². The van der Waals surface area contributed by atoms with Crippen molar-refractivity contribution in [2.75, 3.05) is 42.4 Å². The summed E-state index contributed by atoms with van der Waals surface area (Å²) < 4.78 is 45.7. The van der Waals surface area contributed by atoms with Gasteiger partial charge in [-0.05, 0) is 60.7 Å². The van der Waals surface area contributed by atoms with Crippen LogP contribution in [0.1, 0.15) is 10.4 Å². The van der Waals surface area contributed by atoms with E-state index in [2.05, 4.69) is 9.62 Å². The first-order chi connectivity index (χ1) is 16.8. The number of anilines is 2. The van der Waals surface area contributed by atoms with Gasteiger partial charge in [0.1, 0.15) is 5.82 Å². The molecule has 1 aliphatic rings. The summed E-state index contributed by atoms with van der Waals surface area (Å²) in [5.41, 5.74) is 1.44.